The molecule has 9 nitrogen and oxygen atoms in total. The molecular weight excluding hydrogens is 637 g/mol. The maximum atomic E-state index is 14.1. The van der Waals surface area contributed by atoms with Gasteiger partial charge in [0.2, 0.25) is 11.8 Å². The lowest BCUT2D eigenvalue weighted by Crippen LogP contribution is -2.59. The summed E-state index contributed by atoms with van der Waals surface area (Å²) in [6, 6.07) is 4.01. The lowest BCUT2D eigenvalue weighted by Gasteiger charge is -2.43. The Morgan fingerprint density at radius 2 is 1.78 bits per heavy atom. The Morgan fingerprint density at radius 1 is 1.11 bits per heavy atom. The number of amides is 2. The van der Waals surface area contributed by atoms with E-state index in [1.807, 2.05) is 0 Å². The van der Waals surface area contributed by atoms with E-state index in [1.165, 1.54) is 0 Å². The SMILES string of the molecule is C[C@@H](NC(=O)CCC(F)(F)F)c1ccc2nc([C@H](c3nn(CC4CC(F)(F)C4(F)F)nc3C(N)=O)C3CCC(F)(F)CC3)[nH]c2c1. The van der Waals surface area contributed by atoms with E-state index >= 15 is 0 Å². The molecule has 4 N–H and O–H groups in total. The molecule has 2 aliphatic rings. The van der Waals surface area contributed by atoms with Crippen LogP contribution in [-0.2, 0) is 11.3 Å². The van der Waals surface area contributed by atoms with E-state index in [0.29, 0.717) is 21.4 Å². The minimum Gasteiger partial charge on any atom is -0.364 e. The van der Waals surface area contributed by atoms with Gasteiger partial charge in [-0.2, -0.15) is 40.6 Å². The average molecular weight is 668 g/mol. The van der Waals surface area contributed by atoms with Crippen LogP contribution in [0.3, 0.4) is 0 Å². The van der Waals surface area contributed by atoms with E-state index in [0.717, 1.165) is 0 Å². The number of nitrogens with zero attached hydrogens (tertiary/aromatic N) is 4. The van der Waals surface area contributed by atoms with Crippen LogP contribution < -0.4 is 11.1 Å². The summed E-state index contributed by atoms with van der Waals surface area (Å²) in [6.07, 6.45) is -8.73. The topological polar surface area (TPSA) is 132 Å². The third-order valence-corrected chi connectivity index (χ3v) is 8.66. The van der Waals surface area contributed by atoms with Crippen LogP contribution in [0.5, 0.6) is 0 Å². The number of carbonyl (C=O) groups excluding carboxylic acids is 2. The van der Waals surface area contributed by atoms with Crippen LogP contribution in [0.4, 0.5) is 39.5 Å². The van der Waals surface area contributed by atoms with Crippen molar-refractivity contribution in [3.63, 3.8) is 0 Å². The minimum absolute atomic E-state index is 0.0427. The Hall–Kier alpha value is -3.86. The number of alkyl halides is 9. The zero-order chi connectivity index (χ0) is 33.8. The lowest BCUT2D eigenvalue weighted by molar-refractivity contribution is -0.316. The maximum absolute atomic E-state index is 14.1. The van der Waals surface area contributed by atoms with Crippen molar-refractivity contribution >= 4 is 22.8 Å². The number of primary amides is 1. The number of hydrogen-bond acceptors (Lipinski definition) is 5. The zero-order valence-corrected chi connectivity index (χ0v) is 24.3. The Bertz CT molecular complexity index is 1610. The number of benzene rings is 1. The van der Waals surface area contributed by atoms with E-state index in [2.05, 4.69) is 25.5 Å². The van der Waals surface area contributed by atoms with E-state index in [4.69, 9.17) is 5.73 Å². The van der Waals surface area contributed by atoms with E-state index < -0.39 is 104 Å². The normalized spacial score (nSPS) is 22.3. The third-order valence-electron chi connectivity index (χ3n) is 8.66. The number of aromatic nitrogens is 5. The van der Waals surface area contributed by atoms with Crippen LogP contribution in [0.2, 0.25) is 0 Å². The summed E-state index contributed by atoms with van der Waals surface area (Å²) in [4.78, 5) is 32.8. The highest BCUT2D eigenvalue weighted by atomic mass is 19.4. The minimum atomic E-state index is -4.49. The standard InChI is InChI=1S/C28H30F9N7O2/c1-13(39-19(45)6-9-27(33,34)35)15-2-3-17-18(10-15)41-24(40-17)20(14-4-7-25(29,30)8-5-14)21-22(23(38)46)43-44(42-21)12-16-11-26(31,32)28(16,36)37/h2-3,10,13-14,16,20H,4-9,11-12H2,1H3,(H2,38,46)(H,39,45)(H,40,41)/t13-,16?,20+/m1/s1. The van der Waals surface area contributed by atoms with Crippen LogP contribution in [-0.4, -0.2) is 60.7 Å². The van der Waals surface area contributed by atoms with Gasteiger partial charge < -0.3 is 16.0 Å². The van der Waals surface area contributed by atoms with Crippen LogP contribution >= 0.6 is 0 Å². The molecule has 46 heavy (non-hydrogen) atoms. The molecule has 5 rings (SSSR count). The molecule has 0 spiro atoms. The van der Waals surface area contributed by atoms with Crippen molar-refractivity contribution in [2.75, 3.05) is 0 Å². The molecule has 0 bridgehead atoms. The first-order valence-electron chi connectivity index (χ1n) is 14.5. The highest BCUT2D eigenvalue weighted by molar-refractivity contribution is 5.92. The third kappa shape index (κ3) is 6.79. The molecule has 2 saturated carbocycles. The number of hydrogen-bond donors (Lipinski definition) is 3. The van der Waals surface area contributed by atoms with Crippen molar-refractivity contribution < 1.29 is 49.1 Å². The largest absolute Gasteiger partial charge is 0.389 e. The molecule has 2 aliphatic carbocycles. The first-order valence-corrected chi connectivity index (χ1v) is 14.5. The smallest absolute Gasteiger partial charge is 0.364 e. The number of nitrogens with two attached hydrogens (primary N) is 1. The fourth-order valence-electron chi connectivity index (χ4n) is 6.03. The predicted molar refractivity (Wildman–Crippen MR) is 143 cm³/mol. The summed E-state index contributed by atoms with van der Waals surface area (Å²) < 4.78 is 121. The Morgan fingerprint density at radius 3 is 2.37 bits per heavy atom. The van der Waals surface area contributed by atoms with E-state index in [9.17, 15) is 49.1 Å². The number of H-pyrrole nitrogens is 1. The summed E-state index contributed by atoms with van der Waals surface area (Å²) >= 11 is 0. The van der Waals surface area contributed by atoms with Gasteiger partial charge in [0.05, 0.1) is 41.9 Å². The van der Waals surface area contributed by atoms with Crippen molar-refractivity contribution in [1.82, 2.24) is 30.3 Å². The summed E-state index contributed by atoms with van der Waals surface area (Å²) in [5.41, 5.74) is 6.20. The number of halogens is 9. The Balaban J connectivity index is 1.47. The van der Waals surface area contributed by atoms with Gasteiger partial charge in [-0.3, -0.25) is 9.59 Å². The molecule has 2 amide bonds. The molecular formula is C28H30F9N7O2. The number of aromatic amines is 1. The summed E-state index contributed by atoms with van der Waals surface area (Å²) in [6.45, 7) is 0.808. The number of imidazole rings is 1. The zero-order valence-electron chi connectivity index (χ0n) is 24.3. The van der Waals surface area contributed by atoms with Crippen molar-refractivity contribution in [3.8, 4) is 0 Å². The van der Waals surface area contributed by atoms with Gasteiger partial charge in [-0.25, -0.2) is 13.8 Å². The number of nitrogens with one attached hydrogen (secondary N) is 2. The Kier molecular flexibility index (Phi) is 8.55. The van der Waals surface area contributed by atoms with Gasteiger partial charge in [-0.05, 0) is 43.4 Å². The van der Waals surface area contributed by atoms with Gasteiger partial charge in [0.15, 0.2) is 5.69 Å². The van der Waals surface area contributed by atoms with Crippen molar-refractivity contribution in [2.45, 2.75) is 94.3 Å². The first-order chi connectivity index (χ1) is 21.3. The van der Waals surface area contributed by atoms with Gasteiger partial charge in [0.1, 0.15) is 11.5 Å². The summed E-state index contributed by atoms with van der Waals surface area (Å²) in [7, 11) is 0. The average Bonchev–Trinajstić information content (AvgIpc) is 3.56. The summed E-state index contributed by atoms with van der Waals surface area (Å²) in [5, 5.41) is 10.6. The van der Waals surface area contributed by atoms with Gasteiger partial charge in [0, 0.05) is 25.7 Å². The number of carbonyl (C=O) groups is 2. The second-order valence-electron chi connectivity index (χ2n) is 12.1. The van der Waals surface area contributed by atoms with Gasteiger partial charge in [-0.1, -0.05) is 6.07 Å². The second kappa shape index (κ2) is 11.7. The molecule has 0 saturated heterocycles. The molecule has 2 heterocycles. The second-order valence-corrected chi connectivity index (χ2v) is 12.1. The molecule has 0 radical (unpaired) electrons. The number of rotatable bonds is 10. The predicted octanol–water partition coefficient (Wildman–Crippen LogP) is 6.02. The molecule has 1 aromatic carbocycles. The molecule has 18 heteroatoms. The highest BCUT2D eigenvalue weighted by Gasteiger charge is 2.71. The van der Waals surface area contributed by atoms with Crippen molar-refractivity contribution in [3.05, 3.63) is 41.0 Å². The molecule has 2 aromatic heterocycles. The quantitative estimate of drug-likeness (QED) is 0.228. The van der Waals surface area contributed by atoms with Crippen LogP contribution in [0.1, 0.15) is 91.4 Å². The number of fused-ring (bicyclic) bond motifs is 1. The fraction of sp³-hybridized carbons (Fsp3) is 0.607. The molecule has 252 valence electrons. The molecule has 2 fully saturated rings. The molecule has 3 aromatic rings. The molecule has 1 unspecified atom stereocenters. The first kappa shape index (κ1) is 33.5. The van der Waals surface area contributed by atoms with Crippen molar-refractivity contribution in [2.24, 2.45) is 17.6 Å². The van der Waals surface area contributed by atoms with Crippen molar-refractivity contribution in [1.29, 1.82) is 0 Å². The molecule has 0 aliphatic heterocycles. The lowest BCUT2D eigenvalue weighted by atomic mass is 9.76. The van der Waals surface area contributed by atoms with E-state index in [1.54, 1.807) is 25.1 Å². The van der Waals surface area contributed by atoms with Crippen LogP contribution in [0, 0.1) is 11.8 Å². The molecule has 3 atom stereocenters. The maximum Gasteiger partial charge on any atom is 0.389 e. The monoisotopic (exact) mass is 667 g/mol. The van der Waals surface area contributed by atoms with E-state index in [-0.39, 0.29) is 24.4 Å². The van der Waals surface area contributed by atoms with Crippen LogP contribution in [0.25, 0.3) is 11.0 Å². The van der Waals surface area contributed by atoms with Gasteiger partial charge >= 0.3 is 18.0 Å². The highest BCUT2D eigenvalue weighted by Crippen LogP contribution is 2.55. The van der Waals surface area contributed by atoms with Gasteiger partial charge in [0.25, 0.3) is 5.91 Å². The van der Waals surface area contributed by atoms with Crippen LogP contribution in [0.15, 0.2) is 18.2 Å². The van der Waals surface area contributed by atoms with Gasteiger partial charge in [-0.15, -0.1) is 5.10 Å². The summed E-state index contributed by atoms with van der Waals surface area (Å²) in [5.74, 6) is -16.7. The fourth-order valence-corrected chi connectivity index (χ4v) is 6.03. The Labute approximate surface area is 255 Å².